The zero-order valence-corrected chi connectivity index (χ0v) is 26.0. The summed E-state index contributed by atoms with van der Waals surface area (Å²) in [6, 6.07) is 17.8. The Morgan fingerprint density at radius 3 is 2.35 bits per heavy atom. The van der Waals surface area contributed by atoms with Gasteiger partial charge in [0.2, 0.25) is 10.9 Å². The molecule has 0 spiro atoms. The molecule has 0 saturated carbocycles. The summed E-state index contributed by atoms with van der Waals surface area (Å²) in [5, 5.41) is 10.5. The molecule has 8 nitrogen and oxygen atoms in total. The number of carboxylic acid groups (broad SMARTS) is 1. The summed E-state index contributed by atoms with van der Waals surface area (Å²) < 4.78 is 47.1. The first kappa shape index (κ1) is 32.9. The monoisotopic (exact) mass is 650 g/mol. The number of carbonyl (C=O) groups is 2. The number of morpholine rings is 1. The van der Waals surface area contributed by atoms with Crippen LogP contribution in [0.15, 0.2) is 72.8 Å². The average molecular weight is 652 g/mol. The molecule has 0 radical (unpaired) electrons. The summed E-state index contributed by atoms with van der Waals surface area (Å²) in [6.45, 7) is 3.41. The SMILES string of the molecule is CC[C@@H](CN(C(C)Cc1ccccc1F)[SH](=O)=O)N1C(=O)[C@@H](CC(=O)O)O[C@H](c2cccc(Cl)c2)[C@H]1c1ccc(Cl)cc1. The minimum absolute atomic E-state index is 0.0945. The number of carboxylic acids is 1. The Hall–Kier alpha value is -3.02. The minimum Gasteiger partial charge on any atom is -0.481 e. The maximum atomic E-state index is 14.4. The number of ether oxygens (including phenoxy) is 1. The van der Waals surface area contributed by atoms with E-state index in [-0.39, 0.29) is 13.0 Å². The molecule has 1 N–H and O–H groups in total. The smallest absolute Gasteiger partial charge is 0.306 e. The lowest BCUT2D eigenvalue weighted by atomic mass is 9.89. The van der Waals surface area contributed by atoms with Gasteiger partial charge in [0, 0.05) is 28.7 Å². The lowest BCUT2D eigenvalue weighted by molar-refractivity contribution is -0.183. The van der Waals surface area contributed by atoms with Crippen LogP contribution in [-0.4, -0.2) is 59.3 Å². The minimum atomic E-state index is -3.13. The Labute approximate surface area is 262 Å². The van der Waals surface area contributed by atoms with E-state index >= 15 is 0 Å². The molecule has 0 aromatic heterocycles. The number of benzene rings is 3. The maximum Gasteiger partial charge on any atom is 0.306 e. The highest BCUT2D eigenvalue weighted by atomic mass is 35.5. The molecule has 1 saturated heterocycles. The van der Waals surface area contributed by atoms with Gasteiger partial charge in [-0.1, -0.05) is 72.6 Å². The van der Waals surface area contributed by atoms with Gasteiger partial charge in [0.15, 0.2) is 0 Å². The molecule has 1 fully saturated rings. The molecule has 230 valence electrons. The molecule has 1 aliphatic rings. The van der Waals surface area contributed by atoms with Crippen molar-refractivity contribution in [3.8, 4) is 0 Å². The van der Waals surface area contributed by atoms with E-state index in [1.807, 2.05) is 6.92 Å². The van der Waals surface area contributed by atoms with Crippen molar-refractivity contribution in [2.24, 2.45) is 0 Å². The highest BCUT2D eigenvalue weighted by Gasteiger charge is 2.47. The summed E-state index contributed by atoms with van der Waals surface area (Å²) in [4.78, 5) is 27.4. The molecular weight excluding hydrogens is 618 g/mol. The Bertz CT molecular complexity index is 1510. The van der Waals surface area contributed by atoms with E-state index in [1.165, 1.54) is 10.4 Å². The lowest BCUT2D eigenvalue weighted by Crippen LogP contribution is -2.58. The van der Waals surface area contributed by atoms with Gasteiger partial charge < -0.3 is 14.7 Å². The van der Waals surface area contributed by atoms with Gasteiger partial charge in [-0.25, -0.2) is 12.8 Å². The Morgan fingerprint density at radius 1 is 1.05 bits per heavy atom. The second kappa shape index (κ2) is 14.6. The van der Waals surface area contributed by atoms with Gasteiger partial charge in [0.25, 0.3) is 5.91 Å². The normalized spacial score (nSPS) is 20.4. The van der Waals surface area contributed by atoms with E-state index in [2.05, 4.69) is 0 Å². The molecule has 12 heteroatoms. The molecular formula is C31H33Cl2FN2O6S. The number of halogens is 3. The molecule has 1 amide bonds. The van der Waals surface area contributed by atoms with Crippen LogP contribution in [0.25, 0.3) is 0 Å². The van der Waals surface area contributed by atoms with Crippen LogP contribution in [0.1, 0.15) is 55.5 Å². The zero-order valence-electron chi connectivity index (χ0n) is 23.6. The quantitative estimate of drug-likeness (QED) is 0.238. The molecule has 0 bridgehead atoms. The van der Waals surface area contributed by atoms with E-state index in [9.17, 15) is 27.5 Å². The van der Waals surface area contributed by atoms with Gasteiger partial charge in [0.1, 0.15) is 18.0 Å². The van der Waals surface area contributed by atoms with Gasteiger partial charge in [-0.3, -0.25) is 9.59 Å². The van der Waals surface area contributed by atoms with Crippen molar-refractivity contribution in [2.45, 2.75) is 63.4 Å². The Morgan fingerprint density at radius 2 is 1.74 bits per heavy atom. The number of hydrogen-bond donors (Lipinski definition) is 2. The number of hydrogen-bond acceptors (Lipinski definition) is 5. The number of nitrogens with zero attached hydrogens (tertiary/aromatic N) is 2. The summed E-state index contributed by atoms with van der Waals surface area (Å²) in [5.74, 6) is -2.23. The molecule has 3 aromatic carbocycles. The summed E-state index contributed by atoms with van der Waals surface area (Å²) in [6.07, 6.45) is -2.29. The first-order chi connectivity index (χ1) is 20.5. The molecule has 0 aliphatic carbocycles. The number of thiol groups is 1. The predicted molar refractivity (Wildman–Crippen MR) is 163 cm³/mol. The number of carbonyl (C=O) groups excluding carboxylic acids is 1. The Kier molecular flexibility index (Phi) is 11.2. The standard InChI is InChI=1S/C31H33Cl2FN2O6S/c1-3-25(18-35(43(40)41)19(2)15-21-7-4-5-10-26(21)34)36-29(20-11-13-23(32)14-12-20)30(22-8-6-9-24(33)16-22)42-27(31(36)39)17-28(37)38/h4-14,16,19,25,27,29-30,43H,3,15,17-18H2,1-2H3,(H,37,38)/t19?,25-,27+,29+,30+/m0/s1. The molecule has 1 heterocycles. The summed E-state index contributed by atoms with van der Waals surface area (Å²) in [5.41, 5.74) is 1.65. The topological polar surface area (TPSA) is 104 Å². The van der Waals surface area contributed by atoms with E-state index in [1.54, 1.807) is 78.6 Å². The van der Waals surface area contributed by atoms with Gasteiger partial charge in [-0.05, 0) is 66.8 Å². The van der Waals surface area contributed by atoms with Crippen LogP contribution in [-0.2, 0) is 31.6 Å². The third-order valence-corrected chi connectivity index (χ3v) is 9.09. The third kappa shape index (κ3) is 7.93. The van der Waals surface area contributed by atoms with Crippen molar-refractivity contribution < 1.29 is 32.2 Å². The number of rotatable bonds is 12. The van der Waals surface area contributed by atoms with E-state index in [0.717, 1.165) is 0 Å². The van der Waals surface area contributed by atoms with E-state index < -0.39 is 65.3 Å². The number of amides is 1. The highest BCUT2D eigenvalue weighted by molar-refractivity contribution is 7.69. The molecule has 5 atom stereocenters. The van der Waals surface area contributed by atoms with E-state index in [0.29, 0.717) is 33.2 Å². The first-order valence-electron chi connectivity index (χ1n) is 13.8. The van der Waals surface area contributed by atoms with Crippen LogP contribution in [0.4, 0.5) is 4.39 Å². The van der Waals surface area contributed by atoms with Crippen LogP contribution in [0.2, 0.25) is 10.0 Å². The average Bonchev–Trinajstić information content (AvgIpc) is 2.96. The second-order valence-corrected chi connectivity index (χ2v) is 12.4. The van der Waals surface area contributed by atoms with Gasteiger partial charge in [-0.2, -0.15) is 4.31 Å². The third-order valence-electron chi connectivity index (χ3n) is 7.63. The van der Waals surface area contributed by atoms with Crippen LogP contribution in [0.5, 0.6) is 0 Å². The fourth-order valence-corrected chi connectivity index (χ4v) is 6.57. The number of aliphatic carboxylic acids is 1. The van der Waals surface area contributed by atoms with Crippen LogP contribution < -0.4 is 0 Å². The fraction of sp³-hybridized carbons (Fsp3) is 0.355. The van der Waals surface area contributed by atoms with Gasteiger partial charge >= 0.3 is 5.97 Å². The molecule has 43 heavy (non-hydrogen) atoms. The predicted octanol–water partition coefficient (Wildman–Crippen LogP) is 5.86. The maximum absolute atomic E-state index is 14.4. The molecule has 1 aliphatic heterocycles. The van der Waals surface area contributed by atoms with E-state index in [4.69, 9.17) is 27.9 Å². The van der Waals surface area contributed by atoms with Crippen LogP contribution in [0.3, 0.4) is 0 Å². The van der Waals surface area contributed by atoms with Gasteiger partial charge in [0.05, 0.1) is 12.5 Å². The zero-order chi connectivity index (χ0) is 31.3. The van der Waals surface area contributed by atoms with Crippen molar-refractivity contribution in [3.05, 3.63) is 105 Å². The fourth-order valence-electron chi connectivity index (χ4n) is 5.52. The summed E-state index contributed by atoms with van der Waals surface area (Å²) in [7, 11) is -3.13. The molecule has 3 aromatic rings. The molecule has 4 rings (SSSR count). The largest absolute Gasteiger partial charge is 0.481 e. The Balaban J connectivity index is 1.79. The van der Waals surface area contributed by atoms with Crippen LogP contribution >= 0.6 is 23.2 Å². The second-order valence-electron chi connectivity index (χ2n) is 10.5. The lowest BCUT2D eigenvalue weighted by Gasteiger charge is -2.48. The van der Waals surface area contributed by atoms with Crippen molar-refractivity contribution in [1.82, 2.24) is 9.21 Å². The van der Waals surface area contributed by atoms with Gasteiger partial charge in [-0.15, -0.1) is 0 Å². The van der Waals surface area contributed by atoms with Crippen LogP contribution in [0, 0.1) is 5.82 Å². The van der Waals surface area contributed by atoms with Crippen molar-refractivity contribution in [1.29, 1.82) is 0 Å². The highest BCUT2D eigenvalue weighted by Crippen LogP contribution is 2.44. The van der Waals surface area contributed by atoms with Crippen molar-refractivity contribution in [3.63, 3.8) is 0 Å². The summed E-state index contributed by atoms with van der Waals surface area (Å²) >= 11 is 12.5. The first-order valence-corrected chi connectivity index (χ1v) is 15.7. The van der Waals surface area contributed by atoms with Crippen molar-refractivity contribution >= 4 is 46.0 Å². The van der Waals surface area contributed by atoms with Crippen molar-refractivity contribution in [2.75, 3.05) is 6.54 Å². The molecule has 1 unspecified atom stereocenters.